The first-order chi connectivity index (χ1) is 14.5. The van der Waals surface area contributed by atoms with Gasteiger partial charge in [0.25, 0.3) is 0 Å². The molecule has 0 unspecified atom stereocenters. The minimum Gasteiger partial charge on any atom is -0.378 e. The zero-order valence-electron chi connectivity index (χ0n) is 17.9. The van der Waals surface area contributed by atoms with Gasteiger partial charge >= 0.3 is 0 Å². The summed E-state index contributed by atoms with van der Waals surface area (Å²) in [5.74, 6) is 1.80. The zero-order valence-corrected chi connectivity index (χ0v) is 17.9. The maximum atomic E-state index is 7.38. The van der Waals surface area contributed by atoms with Gasteiger partial charge in [-0.05, 0) is 38.0 Å². The second-order valence-corrected chi connectivity index (χ2v) is 7.61. The number of morpholine rings is 1. The first-order valence-corrected chi connectivity index (χ1v) is 10.2. The Labute approximate surface area is 176 Å². The van der Waals surface area contributed by atoms with Gasteiger partial charge in [-0.25, -0.2) is 14.8 Å². The lowest BCUT2D eigenvalue weighted by molar-refractivity contribution is 0.122. The number of aromatic nitrogens is 3. The molecule has 1 aromatic carbocycles. The molecule has 0 saturated carbocycles. The van der Waals surface area contributed by atoms with E-state index in [0.29, 0.717) is 24.4 Å². The normalized spacial score (nSPS) is 16.0. The Hall–Kier alpha value is -3.24. The van der Waals surface area contributed by atoms with Crippen LogP contribution in [0.3, 0.4) is 0 Å². The number of ether oxygens (including phenoxy) is 1. The van der Waals surface area contributed by atoms with Gasteiger partial charge in [0.15, 0.2) is 11.2 Å². The maximum Gasteiger partial charge on any atom is 0.190 e. The molecule has 1 aliphatic rings. The molecule has 3 heterocycles. The van der Waals surface area contributed by atoms with Crippen LogP contribution < -0.4 is 10.4 Å². The van der Waals surface area contributed by atoms with Gasteiger partial charge in [-0.3, -0.25) is 4.99 Å². The van der Waals surface area contributed by atoms with Gasteiger partial charge in [-0.2, -0.15) is 0 Å². The highest BCUT2D eigenvalue weighted by Crippen LogP contribution is 2.28. The molecule has 0 N–H and O–H groups in total. The fraction of sp³-hybridized carbons (Fsp3) is 0.391. The molecule has 0 radical (unpaired) electrons. The number of rotatable bonds is 3. The molecule has 0 aliphatic carbocycles. The lowest BCUT2D eigenvalue weighted by Gasteiger charge is -2.28. The lowest BCUT2D eigenvalue weighted by Crippen LogP contribution is -2.36. The fourth-order valence-electron chi connectivity index (χ4n) is 3.88. The van der Waals surface area contributed by atoms with Crippen LogP contribution >= 0.6 is 0 Å². The summed E-state index contributed by atoms with van der Waals surface area (Å²) in [5, 5.41) is 0.977. The molecule has 4 rings (SSSR count). The second-order valence-electron chi connectivity index (χ2n) is 7.61. The van der Waals surface area contributed by atoms with E-state index >= 15 is 0 Å². The van der Waals surface area contributed by atoms with Crippen molar-refractivity contribution in [3.05, 3.63) is 64.3 Å². The Kier molecular flexibility index (Phi) is 5.51. The third kappa shape index (κ3) is 3.66. The summed E-state index contributed by atoms with van der Waals surface area (Å²) in [7, 11) is 2.00. The molecule has 7 heteroatoms. The van der Waals surface area contributed by atoms with Gasteiger partial charge < -0.3 is 14.2 Å². The van der Waals surface area contributed by atoms with Crippen molar-refractivity contribution in [1.82, 2.24) is 14.5 Å². The molecule has 0 bridgehead atoms. The standard InChI is InChI=1S/C23H26N6O/c1-15-18(7-6-8-20(15)24-4)16(2)26-23-19-13-22(29-9-11-30-12-10-29)25-14-21(19)28(5)17(3)27-23/h6-8,13-14,16H,9-12H2,1-3,5H3/t16-/m1/s1. The molecule has 3 aromatic rings. The van der Waals surface area contributed by atoms with Crippen LogP contribution in [0.15, 0.2) is 35.5 Å². The van der Waals surface area contributed by atoms with Crippen molar-refractivity contribution in [2.45, 2.75) is 26.8 Å². The summed E-state index contributed by atoms with van der Waals surface area (Å²) in [6, 6.07) is 7.77. The highest BCUT2D eigenvalue weighted by Gasteiger charge is 2.15. The van der Waals surface area contributed by atoms with Crippen LogP contribution in [0.5, 0.6) is 0 Å². The van der Waals surface area contributed by atoms with Crippen LogP contribution in [-0.4, -0.2) is 40.8 Å². The van der Waals surface area contributed by atoms with Crippen LogP contribution in [0.2, 0.25) is 0 Å². The molecule has 0 spiro atoms. The number of fused-ring (bicyclic) bond motifs is 1. The summed E-state index contributed by atoms with van der Waals surface area (Å²) in [5.41, 5.74) is 4.39. The average molecular weight is 403 g/mol. The van der Waals surface area contributed by atoms with Crippen LogP contribution in [0, 0.1) is 20.4 Å². The first kappa shape index (κ1) is 20.0. The monoisotopic (exact) mass is 402 g/mol. The molecule has 2 aromatic heterocycles. The second kappa shape index (κ2) is 8.25. The highest BCUT2D eigenvalue weighted by atomic mass is 16.5. The smallest absolute Gasteiger partial charge is 0.190 e. The minimum absolute atomic E-state index is 0.116. The number of hydrogen-bond donors (Lipinski definition) is 0. The Morgan fingerprint density at radius 2 is 2.00 bits per heavy atom. The Morgan fingerprint density at radius 3 is 2.73 bits per heavy atom. The highest BCUT2D eigenvalue weighted by molar-refractivity contribution is 5.80. The quantitative estimate of drug-likeness (QED) is 0.628. The van der Waals surface area contributed by atoms with Crippen molar-refractivity contribution < 1.29 is 4.74 Å². The summed E-state index contributed by atoms with van der Waals surface area (Å²) in [6.07, 6.45) is 1.91. The third-order valence-electron chi connectivity index (χ3n) is 5.79. The first-order valence-electron chi connectivity index (χ1n) is 10.2. The lowest BCUT2D eigenvalue weighted by atomic mass is 10.0. The maximum absolute atomic E-state index is 7.38. The molecule has 1 atom stereocenters. The van der Waals surface area contributed by atoms with Crippen molar-refractivity contribution in [2.75, 3.05) is 31.2 Å². The van der Waals surface area contributed by atoms with E-state index in [1.54, 1.807) is 0 Å². The SMILES string of the molecule is [C-]#[N+]c1cccc([C@@H](C)N=c2nc(C)n(C)c3cnc(N4CCOCC4)cc23)c1C. The van der Waals surface area contributed by atoms with Crippen molar-refractivity contribution in [2.24, 2.45) is 12.0 Å². The van der Waals surface area contributed by atoms with Gasteiger partial charge in [0, 0.05) is 25.5 Å². The number of pyridine rings is 1. The molecule has 1 aliphatic heterocycles. The summed E-state index contributed by atoms with van der Waals surface area (Å²) in [6.45, 7) is 16.5. The van der Waals surface area contributed by atoms with E-state index in [1.807, 2.05) is 49.9 Å². The Morgan fingerprint density at radius 1 is 1.23 bits per heavy atom. The molecule has 0 amide bonds. The van der Waals surface area contributed by atoms with Crippen LogP contribution in [-0.2, 0) is 11.8 Å². The number of hydrogen-bond acceptors (Lipinski definition) is 5. The minimum atomic E-state index is -0.116. The zero-order chi connectivity index (χ0) is 21.3. The molecule has 30 heavy (non-hydrogen) atoms. The number of aryl methyl sites for hydroxylation is 2. The molecule has 1 fully saturated rings. The third-order valence-corrected chi connectivity index (χ3v) is 5.79. The number of nitrogens with zero attached hydrogens (tertiary/aromatic N) is 6. The number of anilines is 1. The average Bonchev–Trinajstić information content (AvgIpc) is 2.77. The van der Waals surface area contributed by atoms with E-state index in [4.69, 9.17) is 26.3 Å². The van der Waals surface area contributed by atoms with E-state index in [-0.39, 0.29) is 6.04 Å². The topological polar surface area (TPSA) is 59.9 Å². The predicted molar refractivity (Wildman–Crippen MR) is 118 cm³/mol. The summed E-state index contributed by atoms with van der Waals surface area (Å²) >= 11 is 0. The van der Waals surface area contributed by atoms with Crippen LogP contribution in [0.1, 0.15) is 29.9 Å². The van der Waals surface area contributed by atoms with Gasteiger partial charge in [-0.15, -0.1) is 0 Å². The van der Waals surface area contributed by atoms with Gasteiger partial charge in [-0.1, -0.05) is 18.2 Å². The van der Waals surface area contributed by atoms with E-state index in [2.05, 4.69) is 22.7 Å². The van der Waals surface area contributed by atoms with E-state index in [1.165, 1.54) is 0 Å². The van der Waals surface area contributed by atoms with E-state index in [0.717, 1.165) is 46.8 Å². The Balaban J connectivity index is 1.86. The fourth-order valence-corrected chi connectivity index (χ4v) is 3.88. The van der Waals surface area contributed by atoms with Crippen LogP contribution in [0.25, 0.3) is 15.7 Å². The molecule has 154 valence electrons. The Bertz CT molecular complexity index is 1200. The molecular weight excluding hydrogens is 376 g/mol. The predicted octanol–water partition coefficient (Wildman–Crippen LogP) is 3.63. The van der Waals surface area contributed by atoms with Crippen LogP contribution in [0.4, 0.5) is 11.5 Å². The van der Waals surface area contributed by atoms with Gasteiger partial charge in [0.2, 0.25) is 0 Å². The summed E-state index contributed by atoms with van der Waals surface area (Å²) < 4.78 is 7.52. The van der Waals surface area contributed by atoms with E-state index in [9.17, 15) is 0 Å². The van der Waals surface area contributed by atoms with Crippen molar-refractivity contribution in [3.8, 4) is 0 Å². The largest absolute Gasteiger partial charge is 0.378 e. The molecule has 7 nitrogen and oxygen atoms in total. The summed E-state index contributed by atoms with van der Waals surface area (Å²) in [4.78, 5) is 20.3. The van der Waals surface area contributed by atoms with Gasteiger partial charge in [0.05, 0.1) is 37.5 Å². The van der Waals surface area contributed by atoms with Gasteiger partial charge in [0.1, 0.15) is 11.6 Å². The van der Waals surface area contributed by atoms with Crippen molar-refractivity contribution >= 4 is 22.4 Å². The van der Waals surface area contributed by atoms with E-state index < -0.39 is 0 Å². The number of benzene rings is 1. The molecule has 1 saturated heterocycles. The van der Waals surface area contributed by atoms with Crippen molar-refractivity contribution in [3.63, 3.8) is 0 Å². The molecular formula is C23H26N6O. The van der Waals surface area contributed by atoms with Crippen molar-refractivity contribution in [1.29, 1.82) is 0 Å².